The molecule has 126 valence electrons. The predicted molar refractivity (Wildman–Crippen MR) is 90.7 cm³/mol. The molecule has 3 heterocycles. The lowest BCUT2D eigenvalue weighted by atomic mass is 9.97. The molecule has 0 aromatic carbocycles. The molecule has 0 amide bonds. The zero-order chi connectivity index (χ0) is 17.3. The van der Waals surface area contributed by atoms with Gasteiger partial charge in [-0.15, -0.1) is 5.10 Å². The highest BCUT2D eigenvalue weighted by molar-refractivity contribution is 5.57. The Kier molecular flexibility index (Phi) is 4.47. The lowest BCUT2D eigenvalue weighted by molar-refractivity contribution is 0.346. The standard InChI is InChI=1S/C17H23N7/c1-11-12(2)20-21-17(16(11)8-18)23-7-5-6-15(9-23)10-24-14(4)19-13(3)22-24/h15H,5-7,9-10H2,1-4H3. The third-order valence-electron chi connectivity index (χ3n) is 4.76. The molecule has 24 heavy (non-hydrogen) atoms. The molecule has 1 saturated heterocycles. The van der Waals surface area contributed by atoms with E-state index in [2.05, 4.69) is 31.2 Å². The van der Waals surface area contributed by atoms with Gasteiger partial charge in [0, 0.05) is 19.6 Å². The van der Waals surface area contributed by atoms with Gasteiger partial charge in [-0.1, -0.05) is 0 Å². The van der Waals surface area contributed by atoms with Crippen molar-refractivity contribution in [2.24, 2.45) is 5.92 Å². The van der Waals surface area contributed by atoms with Crippen LogP contribution in [-0.2, 0) is 6.54 Å². The topological polar surface area (TPSA) is 83.5 Å². The summed E-state index contributed by atoms with van der Waals surface area (Å²) in [6.07, 6.45) is 2.23. The first-order chi connectivity index (χ1) is 11.5. The minimum Gasteiger partial charge on any atom is -0.354 e. The van der Waals surface area contributed by atoms with Gasteiger partial charge < -0.3 is 4.90 Å². The molecular weight excluding hydrogens is 302 g/mol. The summed E-state index contributed by atoms with van der Waals surface area (Å²) in [5, 5.41) is 22.5. The number of rotatable bonds is 3. The summed E-state index contributed by atoms with van der Waals surface area (Å²) in [5.41, 5.74) is 2.39. The molecule has 7 heteroatoms. The van der Waals surface area contributed by atoms with Crippen LogP contribution in [0.15, 0.2) is 0 Å². The molecular formula is C17H23N7. The summed E-state index contributed by atoms with van der Waals surface area (Å²) in [6, 6.07) is 2.31. The van der Waals surface area contributed by atoms with Gasteiger partial charge in [-0.3, -0.25) is 0 Å². The Morgan fingerprint density at radius 2 is 2.00 bits per heavy atom. The van der Waals surface area contributed by atoms with Crippen molar-refractivity contribution in [3.8, 4) is 6.07 Å². The number of hydrogen-bond acceptors (Lipinski definition) is 6. The molecule has 0 saturated carbocycles. The van der Waals surface area contributed by atoms with Crippen LogP contribution >= 0.6 is 0 Å². The van der Waals surface area contributed by atoms with Crippen LogP contribution in [0.2, 0.25) is 0 Å². The second-order valence-corrected chi connectivity index (χ2v) is 6.56. The SMILES string of the molecule is Cc1nc(C)n(CC2CCCN(c3nnc(C)c(C)c3C#N)C2)n1. The highest BCUT2D eigenvalue weighted by Crippen LogP contribution is 2.27. The maximum absolute atomic E-state index is 9.53. The number of anilines is 1. The highest BCUT2D eigenvalue weighted by Gasteiger charge is 2.25. The Morgan fingerprint density at radius 1 is 1.21 bits per heavy atom. The monoisotopic (exact) mass is 325 g/mol. The molecule has 0 spiro atoms. The quantitative estimate of drug-likeness (QED) is 0.859. The van der Waals surface area contributed by atoms with E-state index in [-0.39, 0.29) is 0 Å². The van der Waals surface area contributed by atoms with E-state index < -0.39 is 0 Å². The van der Waals surface area contributed by atoms with E-state index >= 15 is 0 Å². The largest absolute Gasteiger partial charge is 0.354 e. The van der Waals surface area contributed by atoms with Crippen LogP contribution in [0.3, 0.4) is 0 Å². The number of nitriles is 1. The minimum absolute atomic E-state index is 0.466. The molecule has 0 radical (unpaired) electrons. The van der Waals surface area contributed by atoms with Crippen molar-refractivity contribution in [3.63, 3.8) is 0 Å². The Morgan fingerprint density at radius 3 is 2.67 bits per heavy atom. The van der Waals surface area contributed by atoms with Crippen LogP contribution in [0.5, 0.6) is 0 Å². The molecule has 2 aromatic rings. The van der Waals surface area contributed by atoms with E-state index in [9.17, 15) is 5.26 Å². The van der Waals surface area contributed by atoms with Crippen molar-refractivity contribution >= 4 is 5.82 Å². The summed E-state index contributed by atoms with van der Waals surface area (Å²) >= 11 is 0. The van der Waals surface area contributed by atoms with E-state index in [1.54, 1.807) is 0 Å². The van der Waals surface area contributed by atoms with Gasteiger partial charge in [0.25, 0.3) is 0 Å². The third-order valence-corrected chi connectivity index (χ3v) is 4.76. The van der Waals surface area contributed by atoms with Gasteiger partial charge in [-0.2, -0.15) is 15.5 Å². The Labute approximate surface area is 142 Å². The number of piperidine rings is 1. The van der Waals surface area contributed by atoms with Crippen molar-refractivity contribution in [2.45, 2.75) is 47.1 Å². The van der Waals surface area contributed by atoms with Crippen molar-refractivity contribution < 1.29 is 0 Å². The number of hydrogen-bond donors (Lipinski definition) is 0. The van der Waals surface area contributed by atoms with Gasteiger partial charge in [-0.25, -0.2) is 9.67 Å². The van der Waals surface area contributed by atoms with Gasteiger partial charge in [0.15, 0.2) is 5.82 Å². The van der Waals surface area contributed by atoms with E-state index in [1.165, 1.54) is 0 Å². The van der Waals surface area contributed by atoms with Gasteiger partial charge in [0.1, 0.15) is 23.3 Å². The molecule has 1 atom stereocenters. The van der Waals surface area contributed by atoms with Crippen LogP contribution in [-0.4, -0.2) is 38.1 Å². The lowest BCUT2D eigenvalue weighted by Gasteiger charge is -2.34. The first-order valence-electron chi connectivity index (χ1n) is 8.36. The van der Waals surface area contributed by atoms with Crippen LogP contribution in [0.4, 0.5) is 5.82 Å². The molecule has 1 aliphatic rings. The molecule has 0 bridgehead atoms. The first-order valence-corrected chi connectivity index (χ1v) is 8.36. The summed E-state index contributed by atoms with van der Waals surface area (Å²) in [5.74, 6) is 2.95. The molecule has 0 N–H and O–H groups in total. The van der Waals surface area contributed by atoms with Gasteiger partial charge in [0.2, 0.25) is 0 Å². The Bertz CT molecular complexity index is 787. The van der Waals surface area contributed by atoms with Crippen LogP contribution < -0.4 is 4.90 Å². The third kappa shape index (κ3) is 3.09. The Hall–Kier alpha value is -2.49. The molecule has 7 nitrogen and oxygen atoms in total. The average Bonchev–Trinajstić information content (AvgIpc) is 2.87. The summed E-state index contributed by atoms with van der Waals surface area (Å²) < 4.78 is 1.99. The molecule has 2 aromatic heterocycles. The second-order valence-electron chi connectivity index (χ2n) is 6.56. The van der Waals surface area contributed by atoms with Crippen LogP contribution in [0.25, 0.3) is 0 Å². The number of aromatic nitrogens is 5. The Balaban J connectivity index is 1.80. The number of aryl methyl sites for hydroxylation is 3. The van der Waals surface area contributed by atoms with E-state index in [0.717, 1.165) is 61.2 Å². The van der Waals surface area contributed by atoms with Gasteiger partial charge in [-0.05, 0) is 52.0 Å². The molecule has 0 aliphatic carbocycles. The first kappa shape index (κ1) is 16.4. The zero-order valence-electron chi connectivity index (χ0n) is 14.7. The van der Waals surface area contributed by atoms with E-state index in [4.69, 9.17) is 0 Å². The maximum Gasteiger partial charge on any atom is 0.169 e. The predicted octanol–water partition coefficient (Wildman–Crippen LogP) is 2.09. The van der Waals surface area contributed by atoms with Crippen molar-refractivity contribution in [2.75, 3.05) is 18.0 Å². The highest BCUT2D eigenvalue weighted by atomic mass is 15.3. The zero-order valence-corrected chi connectivity index (χ0v) is 14.7. The number of nitrogens with zero attached hydrogens (tertiary/aromatic N) is 7. The fraction of sp³-hybridized carbons (Fsp3) is 0.588. The minimum atomic E-state index is 0.466. The summed E-state index contributed by atoms with van der Waals surface area (Å²) in [6.45, 7) is 10.4. The normalized spacial score (nSPS) is 17.8. The maximum atomic E-state index is 9.53. The lowest BCUT2D eigenvalue weighted by Crippen LogP contribution is -2.38. The van der Waals surface area contributed by atoms with E-state index in [0.29, 0.717) is 11.5 Å². The summed E-state index contributed by atoms with van der Waals surface area (Å²) in [7, 11) is 0. The van der Waals surface area contributed by atoms with Gasteiger partial charge in [0.05, 0.1) is 5.69 Å². The molecule has 1 aliphatic heterocycles. The smallest absolute Gasteiger partial charge is 0.169 e. The molecule has 1 fully saturated rings. The fourth-order valence-electron chi connectivity index (χ4n) is 3.34. The van der Waals surface area contributed by atoms with Crippen molar-refractivity contribution in [3.05, 3.63) is 28.5 Å². The van der Waals surface area contributed by atoms with Gasteiger partial charge >= 0.3 is 0 Å². The fourth-order valence-corrected chi connectivity index (χ4v) is 3.34. The van der Waals surface area contributed by atoms with E-state index in [1.807, 2.05) is 32.4 Å². The average molecular weight is 325 g/mol. The molecule has 1 unspecified atom stereocenters. The van der Waals surface area contributed by atoms with Crippen molar-refractivity contribution in [1.29, 1.82) is 5.26 Å². The molecule has 3 rings (SSSR count). The van der Waals surface area contributed by atoms with Crippen LogP contribution in [0, 0.1) is 44.9 Å². The summed E-state index contributed by atoms with van der Waals surface area (Å²) in [4.78, 5) is 6.57. The second kappa shape index (κ2) is 6.56. The van der Waals surface area contributed by atoms with Crippen molar-refractivity contribution in [1.82, 2.24) is 25.0 Å². The van der Waals surface area contributed by atoms with Crippen LogP contribution in [0.1, 0.15) is 41.3 Å².